The molecule has 9 heteroatoms. The van der Waals surface area contributed by atoms with Gasteiger partial charge in [-0.1, -0.05) is 5.16 Å². The molecule has 8 nitrogen and oxygen atoms in total. The number of rotatable bonds is 5. The van der Waals surface area contributed by atoms with Crippen molar-refractivity contribution in [1.29, 1.82) is 0 Å². The Kier molecular flexibility index (Phi) is 3.98. The molecule has 0 atom stereocenters. The molecule has 0 radical (unpaired) electrons. The van der Waals surface area contributed by atoms with E-state index in [2.05, 4.69) is 25.9 Å². The zero-order valence-electron chi connectivity index (χ0n) is 9.76. The molecule has 0 aliphatic carbocycles. The monoisotopic (exact) mass is 266 g/mol. The topological polar surface area (TPSA) is 119 Å². The standard InChI is InChI=1S/C10H11FN6O2/c11-8-6(1-3-13-9(8)17-12)10(18)14-4-2-7-15-5-16-19-7/h1,3,5H,2,4,12H2,(H,13,17)(H,14,18). The van der Waals surface area contributed by atoms with Crippen LogP contribution in [0.15, 0.2) is 23.1 Å². The number of hydrazine groups is 1. The minimum Gasteiger partial charge on any atom is -0.351 e. The second kappa shape index (κ2) is 5.87. The van der Waals surface area contributed by atoms with Crippen molar-refractivity contribution in [3.8, 4) is 0 Å². The van der Waals surface area contributed by atoms with Crippen molar-refractivity contribution in [3.63, 3.8) is 0 Å². The highest BCUT2D eigenvalue weighted by Crippen LogP contribution is 2.13. The number of anilines is 1. The van der Waals surface area contributed by atoms with Gasteiger partial charge in [0.1, 0.15) is 0 Å². The summed E-state index contributed by atoms with van der Waals surface area (Å²) in [4.78, 5) is 19.2. The van der Waals surface area contributed by atoms with E-state index in [4.69, 9.17) is 10.4 Å². The lowest BCUT2D eigenvalue weighted by atomic mass is 10.2. The van der Waals surface area contributed by atoms with Crippen LogP contribution in [-0.4, -0.2) is 27.6 Å². The lowest BCUT2D eigenvalue weighted by Gasteiger charge is -2.07. The SMILES string of the molecule is NNc1nccc(C(=O)NCCc2ncno2)c1F. The predicted molar refractivity (Wildman–Crippen MR) is 62.3 cm³/mol. The Morgan fingerprint density at radius 1 is 1.47 bits per heavy atom. The van der Waals surface area contributed by atoms with E-state index < -0.39 is 11.7 Å². The first-order valence-electron chi connectivity index (χ1n) is 5.37. The molecule has 0 aromatic carbocycles. The van der Waals surface area contributed by atoms with Gasteiger partial charge in [0.05, 0.1) is 5.56 Å². The molecule has 0 bridgehead atoms. The van der Waals surface area contributed by atoms with Crippen LogP contribution in [0.25, 0.3) is 0 Å². The maximum atomic E-state index is 13.7. The Morgan fingerprint density at radius 3 is 3.00 bits per heavy atom. The number of nitrogens with two attached hydrogens (primary N) is 1. The largest absolute Gasteiger partial charge is 0.351 e. The van der Waals surface area contributed by atoms with Crippen molar-refractivity contribution in [2.24, 2.45) is 5.84 Å². The fourth-order valence-electron chi connectivity index (χ4n) is 1.40. The van der Waals surface area contributed by atoms with E-state index in [1.165, 1.54) is 18.6 Å². The highest BCUT2D eigenvalue weighted by atomic mass is 19.1. The second-order valence-electron chi connectivity index (χ2n) is 3.51. The first-order valence-corrected chi connectivity index (χ1v) is 5.37. The fourth-order valence-corrected chi connectivity index (χ4v) is 1.40. The highest BCUT2D eigenvalue weighted by Gasteiger charge is 2.15. The Bertz CT molecular complexity index is 559. The number of nitrogen functional groups attached to an aromatic ring is 1. The van der Waals surface area contributed by atoms with Crippen molar-refractivity contribution in [2.45, 2.75) is 6.42 Å². The summed E-state index contributed by atoms with van der Waals surface area (Å²) in [5.41, 5.74) is 1.92. The van der Waals surface area contributed by atoms with Crippen LogP contribution in [-0.2, 0) is 6.42 Å². The van der Waals surface area contributed by atoms with Crippen LogP contribution in [0.2, 0.25) is 0 Å². The molecule has 0 unspecified atom stereocenters. The number of amides is 1. The zero-order chi connectivity index (χ0) is 13.7. The lowest BCUT2D eigenvalue weighted by Crippen LogP contribution is -2.27. The molecule has 2 rings (SSSR count). The molecule has 0 saturated heterocycles. The molecule has 0 aliphatic rings. The average molecular weight is 266 g/mol. The van der Waals surface area contributed by atoms with E-state index in [1.54, 1.807) is 0 Å². The summed E-state index contributed by atoms with van der Waals surface area (Å²) in [5, 5.41) is 5.95. The number of carbonyl (C=O) groups excluding carboxylic acids is 1. The number of nitrogens with one attached hydrogen (secondary N) is 2. The lowest BCUT2D eigenvalue weighted by molar-refractivity contribution is 0.0949. The molecule has 0 spiro atoms. The summed E-state index contributed by atoms with van der Waals surface area (Å²) >= 11 is 0. The van der Waals surface area contributed by atoms with Gasteiger partial charge < -0.3 is 15.3 Å². The highest BCUT2D eigenvalue weighted by molar-refractivity contribution is 5.95. The normalized spacial score (nSPS) is 10.2. The summed E-state index contributed by atoms with van der Waals surface area (Å²) in [6, 6.07) is 1.26. The number of nitrogens with zero attached hydrogens (tertiary/aromatic N) is 3. The third-order valence-corrected chi connectivity index (χ3v) is 2.30. The molecular weight excluding hydrogens is 255 g/mol. The second-order valence-corrected chi connectivity index (χ2v) is 3.51. The van der Waals surface area contributed by atoms with Gasteiger partial charge in [0.2, 0.25) is 5.89 Å². The third kappa shape index (κ3) is 3.01. The van der Waals surface area contributed by atoms with E-state index in [0.29, 0.717) is 12.3 Å². The van der Waals surface area contributed by atoms with Crippen molar-refractivity contribution in [3.05, 3.63) is 35.9 Å². The van der Waals surface area contributed by atoms with E-state index in [-0.39, 0.29) is 17.9 Å². The van der Waals surface area contributed by atoms with E-state index in [9.17, 15) is 9.18 Å². The number of hydrogen-bond acceptors (Lipinski definition) is 7. The summed E-state index contributed by atoms with van der Waals surface area (Å²) in [6.45, 7) is 0.244. The van der Waals surface area contributed by atoms with Gasteiger partial charge in [-0.05, 0) is 6.07 Å². The molecule has 0 aliphatic heterocycles. The van der Waals surface area contributed by atoms with Crippen LogP contribution in [0.3, 0.4) is 0 Å². The first kappa shape index (κ1) is 12.9. The van der Waals surface area contributed by atoms with Crippen LogP contribution < -0.4 is 16.6 Å². The van der Waals surface area contributed by atoms with Gasteiger partial charge in [0, 0.05) is 19.2 Å². The molecular formula is C10H11FN6O2. The minimum absolute atomic E-state index is 0.145. The maximum Gasteiger partial charge on any atom is 0.254 e. The third-order valence-electron chi connectivity index (χ3n) is 2.30. The van der Waals surface area contributed by atoms with Gasteiger partial charge in [-0.15, -0.1) is 0 Å². The van der Waals surface area contributed by atoms with Gasteiger partial charge >= 0.3 is 0 Å². The smallest absolute Gasteiger partial charge is 0.254 e. The van der Waals surface area contributed by atoms with Crippen LogP contribution in [0, 0.1) is 5.82 Å². The van der Waals surface area contributed by atoms with Crippen molar-refractivity contribution in [2.75, 3.05) is 12.0 Å². The molecule has 2 aromatic heterocycles. The Balaban J connectivity index is 1.96. The van der Waals surface area contributed by atoms with Gasteiger partial charge in [-0.3, -0.25) is 4.79 Å². The van der Waals surface area contributed by atoms with Crippen molar-refractivity contribution in [1.82, 2.24) is 20.4 Å². The van der Waals surface area contributed by atoms with Crippen molar-refractivity contribution >= 4 is 11.7 Å². The Morgan fingerprint density at radius 2 is 2.32 bits per heavy atom. The summed E-state index contributed by atoms with van der Waals surface area (Å²) < 4.78 is 18.5. The molecule has 0 fully saturated rings. The van der Waals surface area contributed by atoms with Crippen LogP contribution in [0.4, 0.5) is 10.2 Å². The minimum atomic E-state index is -0.805. The van der Waals surface area contributed by atoms with E-state index in [0.717, 1.165) is 0 Å². The van der Waals surface area contributed by atoms with Crippen LogP contribution in [0.5, 0.6) is 0 Å². The predicted octanol–water partition coefficient (Wildman–Crippen LogP) is -0.138. The Hall–Kier alpha value is -2.55. The van der Waals surface area contributed by atoms with Gasteiger partial charge in [0.15, 0.2) is 18.0 Å². The number of hydrogen-bond donors (Lipinski definition) is 3. The molecule has 0 saturated carbocycles. The maximum absolute atomic E-state index is 13.7. The van der Waals surface area contributed by atoms with Gasteiger partial charge in [-0.2, -0.15) is 4.98 Å². The number of aromatic nitrogens is 3. The molecule has 2 aromatic rings. The molecule has 4 N–H and O–H groups in total. The van der Waals surface area contributed by atoms with Gasteiger partial charge in [-0.25, -0.2) is 15.2 Å². The molecule has 1 amide bonds. The van der Waals surface area contributed by atoms with Crippen LogP contribution in [0.1, 0.15) is 16.2 Å². The first-order chi connectivity index (χ1) is 9.22. The number of pyridine rings is 1. The average Bonchev–Trinajstić information content (AvgIpc) is 2.92. The van der Waals surface area contributed by atoms with E-state index in [1.807, 2.05) is 0 Å². The summed E-state index contributed by atoms with van der Waals surface area (Å²) in [5.74, 6) is 3.89. The summed E-state index contributed by atoms with van der Waals surface area (Å²) in [6.07, 6.45) is 2.91. The number of halogens is 1. The molecule has 19 heavy (non-hydrogen) atoms. The Labute approximate surface area is 107 Å². The summed E-state index contributed by atoms with van der Waals surface area (Å²) in [7, 11) is 0. The number of carbonyl (C=O) groups is 1. The van der Waals surface area contributed by atoms with Crippen molar-refractivity contribution < 1.29 is 13.7 Å². The molecule has 2 heterocycles. The van der Waals surface area contributed by atoms with E-state index >= 15 is 0 Å². The fraction of sp³-hybridized carbons (Fsp3) is 0.200. The quantitative estimate of drug-likeness (QED) is 0.509. The van der Waals surface area contributed by atoms with Gasteiger partial charge in [0.25, 0.3) is 5.91 Å². The zero-order valence-corrected chi connectivity index (χ0v) is 9.76. The van der Waals surface area contributed by atoms with Crippen LogP contribution >= 0.6 is 0 Å². The molecule has 100 valence electrons.